The molecule has 2 aliphatic heterocycles. The van der Waals surface area contributed by atoms with Crippen LogP contribution in [-0.2, 0) is 11.2 Å². The van der Waals surface area contributed by atoms with Gasteiger partial charge in [0.1, 0.15) is 23.7 Å². The topological polar surface area (TPSA) is 34.2 Å². The second-order valence-corrected chi connectivity index (χ2v) is 15.4. The lowest BCUT2D eigenvalue weighted by atomic mass is 9.81. The van der Waals surface area contributed by atoms with Crippen molar-refractivity contribution in [3.05, 3.63) is 203 Å². The normalized spacial score (nSPS) is 22.7. The molecule has 0 radical (unpaired) electrons. The summed E-state index contributed by atoms with van der Waals surface area (Å²) in [7, 11) is 0. The van der Waals surface area contributed by atoms with Crippen LogP contribution in [0.5, 0.6) is 5.75 Å². The van der Waals surface area contributed by atoms with Crippen molar-refractivity contribution in [1.29, 1.82) is 0 Å². The maximum Gasteiger partial charge on any atom is 0.134 e. The average molecular weight is 702 g/mol. The molecule has 1 N–H and O–H groups in total. The van der Waals surface area contributed by atoms with E-state index in [1.165, 1.54) is 66.5 Å². The zero-order valence-electron chi connectivity index (χ0n) is 30.8. The summed E-state index contributed by atoms with van der Waals surface area (Å²) in [5, 5.41) is 2.42. The van der Waals surface area contributed by atoms with Crippen LogP contribution in [0.3, 0.4) is 0 Å². The molecule has 3 aliphatic carbocycles. The molecule has 0 saturated heterocycles. The maximum atomic E-state index is 6.95. The van der Waals surface area contributed by atoms with Crippen LogP contribution in [0, 0.1) is 12.8 Å². The largest absolute Gasteiger partial charge is 0.488 e. The van der Waals surface area contributed by atoms with Gasteiger partial charge in [0.2, 0.25) is 0 Å². The molecule has 3 heteroatoms. The number of nitrogens with one attached hydrogen (secondary N) is 1. The molecule has 10 rings (SSSR count). The molecule has 4 unspecified atom stereocenters. The fraction of sp³-hybridized carbons (Fsp3) is 0.176. The molecule has 0 saturated carbocycles. The van der Waals surface area contributed by atoms with Crippen LogP contribution < -0.4 is 4.74 Å². The van der Waals surface area contributed by atoms with Crippen LogP contribution >= 0.6 is 0 Å². The van der Waals surface area contributed by atoms with Crippen LogP contribution in [0.4, 0.5) is 0 Å². The number of fused-ring (bicyclic) bond motifs is 7. The van der Waals surface area contributed by atoms with E-state index < -0.39 is 0 Å². The zero-order valence-corrected chi connectivity index (χ0v) is 30.8. The first kappa shape index (κ1) is 32.6. The average Bonchev–Trinajstić information content (AvgIpc) is 3.88. The van der Waals surface area contributed by atoms with Gasteiger partial charge >= 0.3 is 0 Å². The highest BCUT2D eigenvalue weighted by Gasteiger charge is 2.40. The standard InChI is InChI=1S/C51H43NO2/c1-4-5-9-40-41-13-6-10-37(34-21-16-31(2)17-22-34)49(41)53-48(40)29-33-20-26-46-44(28-33)45-30-36(25-27-47(45)52-46)39-12-8-15-43-42-14-7-11-38(50(42)54-51(39)43)35-23-18-32(3)19-24-35/h4-18,20-23,25-28,30,41-42,49-50,52H,1,19,24,29H2,2-3H3/b9-5-. The van der Waals surface area contributed by atoms with Gasteiger partial charge in [-0.15, -0.1) is 0 Å². The number of hydrogen-bond acceptors (Lipinski definition) is 2. The summed E-state index contributed by atoms with van der Waals surface area (Å²) in [6.45, 7) is 8.30. The van der Waals surface area contributed by atoms with Crippen molar-refractivity contribution in [2.45, 2.75) is 51.2 Å². The first-order valence-corrected chi connectivity index (χ1v) is 19.3. The molecule has 0 fully saturated rings. The molecule has 1 aromatic heterocycles. The maximum absolute atomic E-state index is 6.95. The minimum absolute atomic E-state index is 0.00434. The molecule has 4 aromatic carbocycles. The minimum Gasteiger partial charge on any atom is -0.488 e. The van der Waals surface area contributed by atoms with E-state index in [2.05, 4.69) is 159 Å². The molecule has 0 spiro atoms. The molecular formula is C51H43NO2. The van der Waals surface area contributed by atoms with E-state index >= 15 is 0 Å². The SMILES string of the molecule is C=C/C=C\C1=C(Cc2ccc3[nH]c4ccc(-c5cccc6c5OC5C(C7=CC=C(C)CC7)=CC=CC65)cc4c3c2)OC2C(c3ccc(C)cc3)=CC=CC12. The smallest absolute Gasteiger partial charge is 0.134 e. The van der Waals surface area contributed by atoms with E-state index in [1.807, 2.05) is 12.2 Å². The van der Waals surface area contributed by atoms with Crippen molar-refractivity contribution in [2.75, 3.05) is 0 Å². The fourth-order valence-electron chi connectivity index (χ4n) is 9.06. The quantitative estimate of drug-likeness (QED) is 0.171. The summed E-state index contributed by atoms with van der Waals surface area (Å²) in [4.78, 5) is 3.68. The Balaban J connectivity index is 0.978. The highest BCUT2D eigenvalue weighted by atomic mass is 16.5. The fourth-order valence-corrected chi connectivity index (χ4v) is 9.06. The van der Waals surface area contributed by atoms with E-state index in [1.54, 1.807) is 0 Å². The molecule has 54 heavy (non-hydrogen) atoms. The predicted octanol–water partition coefficient (Wildman–Crippen LogP) is 12.5. The van der Waals surface area contributed by atoms with Gasteiger partial charge in [0.05, 0.1) is 0 Å². The number of ether oxygens (including phenoxy) is 2. The summed E-state index contributed by atoms with van der Waals surface area (Å²) < 4.78 is 13.9. The van der Waals surface area contributed by atoms with Gasteiger partial charge in [-0.3, -0.25) is 0 Å². The van der Waals surface area contributed by atoms with E-state index in [-0.39, 0.29) is 24.0 Å². The first-order valence-electron chi connectivity index (χ1n) is 19.3. The van der Waals surface area contributed by atoms with Crippen molar-refractivity contribution >= 4 is 27.4 Å². The van der Waals surface area contributed by atoms with Crippen molar-refractivity contribution in [2.24, 2.45) is 5.92 Å². The number of rotatable bonds is 7. The summed E-state index contributed by atoms with van der Waals surface area (Å²) >= 11 is 0. The molecule has 0 bridgehead atoms. The highest BCUT2D eigenvalue weighted by Crippen LogP contribution is 2.50. The van der Waals surface area contributed by atoms with E-state index in [0.717, 1.165) is 40.9 Å². The van der Waals surface area contributed by atoms with Gasteiger partial charge in [0.15, 0.2) is 0 Å². The van der Waals surface area contributed by atoms with Crippen LogP contribution in [0.2, 0.25) is 0 Å². The van der Waals surface area contributed by atoms with Gasteiger partial charge < -0.3 is 14.5 Å². The van der Waals surface area contributed by atoms with Gasteiger partial charge in [-0.2, -0.15) is 0 Å². The molecule has 264 valence electrons. The highest BCUT2D eigenvalue weighted by molar-refractivity contribution is 6.09. The molecule has 5 aliphatic rings. The number of hydrogen-bond donors (Lipinski definition) is 1. The number of H-pyrrole nitrogens is 1. The third-order valence-corrected chi connectivity index (χ3v) is 11.9. The Morgan fingerprint density at radius 3 is 2.31 bits per heavy atom. The second-order valence-electron chi connectivity index (χ2n) is 15.4. The summed E-state index contributed by atoms with van der Waals surface area (Å²) in [6.07, 6.45) is 26.9. The summed E-state index contributed by atoms with van der Waals surface area (Å²) in [5.74, 6) is 2.39. The second kappa shape index (κ2) is 13.1. The molecular weight excluding hydrogens is 659 g/mol. The molecule has 3 heterocycles. The number of allylic oxidation sites excluding steroid dienone is 11. The Labute approximate surface area is 317 Å². The first-order chi connectivity index (χ1) is 26.5. The van der Waals surface area contributed by atoms with E-state index in [0.29, 0.717) is 6.42 Å². The molecule has 5 aromatic rings. The van der Waals surface area contributed by atoms with Crippen LogP contribution in [-0.4, -0.2) is 17.2 Å². The van der Waals surface area contributed by atoms with Crippen molar-refractivity contribution < 1.29 is 9.47 Å². The summed E-state index contributed by atoms with van der Waals surface area (Å²) in [6, 6.07) is 29.0. The van der Waals surface area contributed by atoms with Crippen molar-refractivity contribution in [3.8, 4) is 16.9 Å². The van der Waals surface area contributed by atoms with Gasteiger partial charge in [-0.1, -0.05) is 139 Å². The van der Waals surface area contributed by atoms with Crippen molar-refractivity contribution in [3.63, 3.8) is 0 Å². The molecule has 4 atom stereocenters. The Morgan fingerprint density at radius 1 is 0.741 bits per heavy atom. The van der Waals surface area contributed by atoms with E-state index in [9.17, 15) is 0 Å². The molecule has 3 nitrogen and oxygen atoms in total. The minimum atomic E-state index is -0.0577. The van der Waals surface area contributed by atoms with Crippen LogP contribution in [0.15, 0.2) is 180 Å². The lowest BCUT2D eigenvalue weighted by Gasteiger charge is -2.26. The zero-order chi connectivity index (χ0) is 36.3. The Morgan fingerprint density at radius 2 is 1.50 bits per heavy atom. The van der Waals surface area contributed by atoms with Gasteiger partial charge in [-0.05, 0) is 78.8 Å². The van der Waals surface area contributed by atoms with Gasteiger partial charge in [0, 0.05) is 62.3 Å². The number of aromatic nitrogens is 1. The van der Waals surface area contributed by atoms with Crippen molar-refractivity contribution in [1.82, 2.24) is 4.98 Å². The number of aryl methyl sites for hydroxylation is 1. The predicted molar refractivity (Wildman–Crippen MR) is 223 cm³/mol. The summed E-state index contributed by atoms with van der Waals surface area (Å²) in [5.41, 5.74) is 16.1. The van der Waals surface area contributed by atoms with E-state index in [4.69, 9.17) is 9.47 Å². The lowest BCUT2D eigenvalue weighted by Crippen LogP contribution is -2.24. The Hall–Kier alpha value is -6.06. The third-order valence-electron chi connectivity index (χ3n) is 11.9. The number of benzene rings is 4. The van der Waals surface area contributed by atoms with Crippen LogP contribution in [0.25, 0.3) is 38.5 Å². The van der Waals surface area contributed by atoms with Crippen LogP contribution in [0.1, 0.15) is 47.9 Å². The third kappa shape index (κ3) is 5.50. The monoisotopic (exact) mass is 701 g/mol. The van der Waals surface area contributed by atoms with Gasteiger partial charge in [-0.25, -0.2) is 0 Å². The number of aromatic amines is 1. The molecule has 0 amide bonds. The Bertz CT molecular complexity index is 2630. The van der Waals surface area contributed by atoms with Gasteiger partial charge in [0.25, 0.3) is 0 Å². The lowest BCUT2D eigenvalue weighted by molar-refractivity contribution is 0.168. The number of para-hydroxylation sites is 1. The Kier molecular flexibility index (Phi) is 7.91.